The van der Waals surface area contributed by atoms with E-state index in [0.717, 1.165) is 19.4 Å². The van der Waals surface area contributed by atoms with Crippen LogP contribution in [-0.2, 0) is 4.79 Å². The molecule has 3 heterocycles. The number of aromatic nitrogens is 3. The van der Waals surface area contributed by atoms with Crippen LogP contribution in [0.15, 0.2) is 28.9 Å². The van der Waals surface area contributed by atoms with Gasteiger partial charge in [-0.1, -0.05) is 18.1 Å². The van der Waals surface area contributed by atoms with Gasteiger partial charge in [-0.25, -0.2) is 0 Å². The lowest BCUT2D eigenvalue weighted by Gasteiger charge is -2.14. The van der Waals surface area contributed by atoms with E-state index in [1.807, 2.05) is 30.0 Å². The van der Waals surface area contributed by atoms with E-state index in [1.54, 1.807) is 6.20 Å². The molecule has 0 bridgehead atoms. The van der Waals surface area contributed by atoms with Crippen LogP contribution in [0.2, 0.25) is 0 Å². The molecule has 0 saturated carbocycles. The monoisotopic (exact) mass is 286 g/mol. The lowest BCUT2D eigenvalue weighted by Crippen LogP contribution is -2.27. The van der Waals surface area contributed by atoms with Crippen LogP contribution >= 0.6 is 0 Å². The number of amides is 1. The number of rotatable bonds is 4. The van der Waals surface area contributed by atoms with E-state index in [1.165, 1.54) is 0 Å². The van der Waals surface area contributed by atoms with Crippen LogP contribution in [0.3, 0.4) is 0 Å². The molecule has 0 N–H and O–H groups in total. The van der Waals surface area contributed by atoms with Gasteiger partial charge in [-0.05, 0) is 25.0 Å². The smallest absolute Gasteiger partial charge is 0.231 e. The number of likely N-dealkylation sites (tertiary alicyclic amines) is 1. The first-order valence-electron chi connectivity index (χ1n) is 7.30. The normalized spacial score (nSPS) is 18.1. The van der Waals surface area contributed by atoms with E-state index in [-0.39, 0.29) is 11.8 Å². The van der Waals surface area contributed by atoms with Gasteiger partial charge in [0.15, 0.2) is 0 Å². The topological polar surface area (TPSA) is 72.1 Å². The zero-order valence-corrected chi connectivity index (χ0v) is 12.0. The molecule has 110 valence electrons. The number of carbonyl (C=O) groups is 1. The van der Waals surface area contributed by atoms with Crippen LogP contribution in [0.4, 0.5) is 0 Å². The molecule has 6 heteroatoms. The van der Waals surface area contributed by atoms with Crippen molar-refractivity contribution in [3.63, 3.8) is 0 Å². The van der Waals surface area contributed by atoms with E-state index < -0.39 is 0 Å². The predicted molar refractivity (Wildman–Crippen MR) is 76.4 cm³/mol. The summed E-state index contributed by atoms with van der Waals surface area (Å²) in [5, 5.41) is 3.99. The second-order valence-electron chi connectivity index (χ2n) is 5.25. The molecule has 3 rings (SSSR count). The first-order chi connectivity index (χ1) is 10.3. The highest BCUT2D eigenvalue weighted by atomic mass is 16.5. The Labute approximate surface area is 123 Å². The minimum absolute atomic E-state index is 0.135. The van der Waals surface area contributed by atoms with Crippen molar-refractivity contribution in [2.45, 2.75) is 32.1 Å². The second kappa shape index (κ2) is 6.03. The quantitative estimate of drug-likeness (QED) is 0.862. The molecule has 1 saturated heterocycles. The Balaban J connectivity index is 1.69. The summed E-state index contributed by atoms with van der Waals surface area (Å²) in [4.78, 5) is 22.4. The van der Waals surface area contributed by atoms with Crippen LogP contribution in [0, 0.1) is 0 Å². The third kappa shape index (κ3) is 2.94. The van der Waals surface area contributed by atoms with E-state index in [9.17, 15) is 4.79 Å². The molecular weight excluding hydrogens is 268 g/mol. The van der Waals surface area contributed by atoms with Gasteiger partial charge in [0.05, 0.1) is 5.92 Å². The number of nitrogens with zero attached hydrogens (tertiary/aromatic N) is 4. The fraction of sp³-hybridized carbons (Fsp3) is 0.467. The fourth-order valence-electron chi connectivity index (χ4n) is 2.56. The number of carbonyl (C=O) groups excluding carboxylic acids is 1. The third-order valence-electron chi connectivity index (χ3n) is 3.69. The maximum atomic E-state index is 11.9. The maximum Gasteiger partial charge on any atom is 0.231 e. The van der Waals surface area contributed by atoms with Gasteiger partial charge in [-0.15, -0.1) is 0 Å². The van der Waals surface area contributed by atoms with Crippen molar-refractivity contribution in [3.8, 4) is 11.5 Å². The van der Waals surface area contributed by atoms with Crippen molar-refractivity contribution < 1.29 is 9.32 Å². The van der Waals surface area contributed by atoms with Crippen molar-refractivity contribution in [2.24, 2.45) is 0 Å². The standard InChI is InChI=1S/C15H18N4O2/c1-2-5-13(20)19-9-7-11(10-19)15-17-14(18-21-15)12-6-3-4-8-16-12/h3-4,6,8,11H,2,5,7,9-10H2,1H3/t11-/m0/s1. The van der Waals surface area contributed by atoms with Crippen LogP contribution < -0.4 is 0 Å². The van der Waals surface area contributed by atoms with Gasteiger partial charge in [-0.2, -0.15) is 4.98 Å². The van der Waals surface area contributed by atoms with E-state index in [4.69, 9.17) is 4.52 Å². The van der Waals surface area contributed by atoms with Crippen LogP contribution in [0.1, 0.15) is 38.0 Å². The van der Waals surface area contributed by atoms with Crippen molar-refractivity contribution >= 4 is 5.91 Å². The lowest BCUT2D eigenvalue weighted by molar-refractivity contribution is -0.130. The summed E-state index contributed by atoms with van der Waals surface area (Å²) in [7, 11) is 0. The molecule has 2 aromatic heterocycles. The zero-order valence-electron chi connectivity index (χ0n) is 12.0. The molecule has 0 spiro atoms. The molecular formula is C15H18N4O2. The van der Waals surface area contributed by atoms with Gasteiger partial charge in [0.1, 0.15) is 5.69 Å². The Kier molecular flexibility index (Phi) is 3.94. The first kappa shape index (κ1) is 13.7. The number of hydrogen-bond donors (Lipinski definition) is 0. The highest BCUT2D eigenvalue weighted by Gasteiger charge is 2.30. The molecule has 0 aromatic carbocycles. The summed E-state index contributed by atoms with van der Waals surface area (Å²) >= 11 is 0. The van der Waals surface area contributed by atoms with Gasteiger partial charge in [-0.3, -0.25) is 9.78 Å². The Morgan fingerprint density at radius 2 is 2.38 bits per heavy atom. The molecule has 1 amide bonds. The van der Waals surface area contributed by atoms with Crippen molar-refractivity contribution in [3.05, 3.63) is 30.3 Å². The van der Waals surface area contributed by atoms with Gasteiger partial charge >= 0.3 is 0 Å². The van der Waals surface area contributed by atoms with Crippen molar-refractivity contribution in [1.82, 2.24) is 20.0 Å². The lowest BCUT2D eigenvalue weighted by atomic mass is 10.1. The average Bonchev–Trinajstić information content (AvgIpc) is 3.17. The third-order valence-corrected chi connectivity index (χ3v) is 3.69. The largest absolute Gasteiger partial charge is 0.342 e. The highest BCUT2D eigenvalue weighted by Crippen LogP contribution is 2.27. The predicted octanol–water partition coefficient (Wildman–Crippen LogP) is 2.25. The van der Waals surface area contributed by atoms with Gasteiger partial charge < -0.3 is 9.42 Å². The summed E-state index contributed by atoms with van der Waals surface area (Å²) in [5.74, 6) is 1.45. The first-order valence-corrected chi connectivity index (χ1v) is 7.30. The number of pyridine rings is 1. The highest BCUT2D eigenvalue weighted by molar-refractivity contribution is 5.76. The molecule has 1 atom stereocenters. The molecule has 21 heavy (non-hydrogen) atoms. The van der Waals surface area contributed by atoms with E-state index in [0.29, 0.717) is 30.4 Å². The summed E-state index contributed by atoms with van der Waals surface area (Å²) in [5.41, 5.74) is 0.699. The number of hydrogen-bond acceptors (Lipinski definition) is 5. The zero-order chi connectivity index (χ0) is 14.7. The Hall–Kier alpha value is -2.24. The molecule has 6 nitrogen and oxygen atoms in total. The Bertz CT molecular complexity index is 611. The minimum Gasteiger partial charge on any atom is -0.342 e. The van der Waals surface area contributed by atoms with Crippen LogP contribution in [0.5, 0.6) is 0 Å². The molecule has 1 aliphatic heterocycles. The van der Waals surface area contributed by atoms with Crippen LogP contribution in [-0.4, -0.2) is 39.0 Å². The Morgan fingerprint density at radius 3 is 3.14 bits per heavy atom. The minimum atomic E-state index is 0.135. The molecule has 1 aliphatic rings. The van der Waals surface area contributed by atoms with E-state index >= 15 is 0 Å². The van der Waals surface area contributed by atoms with Gasteiger partial charge in [0, 0.05) is 25.7 Å². The van der Waals surface area contributed by atoms with Crippen molar-refractivity contribution in [2.75, 3.05) is 13.1 Å². The average molecular weight is 286 g/mol. The summed E-state index contributed by atoms with van der Waals surface area (Å²) in [6.07, 6.45) is 4.06. The fourth-order valence-corrected chi connectivity index (χ4v) is 2.56. The van der Waals surface area contributed by atoms with Crippen molar-refractivity contribution in [1.29, 1.82) is 0 Å². The van der Waals surface area contributed by atoms with Gasteiger partial charge in [0.2, 0.25) is 17.6 Å². The molecule has 1 fully saturated rings. The van der Waals surface area contributed by atoms with Gasteiger partial charge in [0.25, 0.3) is 0 Å². The molecule has 0 unspecified atom stereocenters. The summed E-state index contributed by atoms with van der Waals surface area (Å²) in [6.45, 7) is 3.45. The second-order valence-corrected chi connectivity index (χ2v) is 5.25. The molecule has 0 radical (unpaired) electrons. The summed E-state index contributed by atoms with van der Waals surface area (Å²) in [6, 6.07) is 5.58. The Morgan fingerprint density at radius 1 is 1.48 bits per heavy atom. The molecule has 2 aromatic rings. The van der Waals surface area contributed by atoms with E-state index in [2.05, 4.69) is 15.1 Å². The molecule has 0 aliphatic carbocycles. The SMILES string of the molecule is CCCC(=O)N1CC[C@H](c2nc(-c3ccccn3)no2)C1. The van der Waals surface area contributed by atoms with Crippen LogP contribution in [0.25, 0.3) is 11.5 Å². The maximum absolute atomic E-state index is 11.9. The summed E-state index contributed by atoms with van der Waals surface area (Å²) < 4.78 is 5.35.